The Morgan fingerprint density at radius 3 is 2.47 bits per heavy atom. The largest absolute Gasteiger partial charge is 0.481 e. The summed E-state index contributed by atoms with van der Waals surface area (Å²) in [5.74, 6) is -0.858. The van der Waals surface area contributed by atoms with E-state index >= 15 is 0 Å². The first-order valence-corrected chi connectivity index (χ1v) is 6.17. The molecule has 1 aromatic carbocycles. The van der Waals surface area contributed by atoms with Crippen LogP contribution >= 0.6 is 0 Å². The molecule has 0 spiro atoms. The van der Waals surface area contributed by atoms with Crippen molar-refractivity contribution in [1.29, 1.82) is 0 Å². The molecule has 1 heterocycles. The van der Waals surface area contributed by atoms with Gasteiger partial charge in [0.25, 0.3) is 0 Å². The number of carboxylic acid groups (broad SMARTS) is 1. The molecule has 19 heavy (non-hydrogen) atoms. The van der Waals surface area contributed by atoms with Crippen molar-refractivity contribution in [2.24, 2.45) is 0 Å². The lowest BCUT2D eigenvalue weighted by atomic mass is 9.74. The quantitative estimate of drug-likeness (QED) is 0.893. The Morgan fingerprint density at radius 1 is 1.32 bits per heavy atom. The van der Waals surface area contributed by atoms with Crippen LogP contribution in [-0.2, 0) is 16.6 Å². The molecule has 1 N–H and O–H groups in total. The van der Waals surface area contributed by atoms with Gasteiger partial charge in [-0.25, -0.2) is 4.63 Å². The van der Waals surface area contributed by atoms with Gasteiger partial charge in [0.2, 0.25) is 0 Å². The predicted molar refractivity (Wildman–Crippen MR) is 68.8 cm³/mol. The summed E-state index contributed by atoms with van der Waals surface area (Å²) in [7, 11) is 0. The van der Waals surface area contributed by atoms with Crippen molar-refractivity contribution in [3.05, 3.63) is 47.3 Å². The van der Waals surface area contributed by atoms with Crippen LogP contribution in [0.25, 0.3) is 0 Å². The highest BCUT2D eigenvalue weighted by molar-refractivity contribution is 5.81. The number of aryl methyl sites for hydroxylation is 1. The number of carbonyl (C=O) groups is 1. The number of hydrogen-bond donors (Lipinski definition) is 1. The Bertz CT molecular complexity index is 565. The number of benzene rings is 1. The van der Waals surface area contributed by atoms with E-state index in [-0.39, 0.29) is 6.42 Å². The molecule has 0 amide bonds. The summed E-state index contributed by atoms with van der Waals surface area (Å²) in [4.78, 5) is 11.8. The second-order valence-corrected chi connectivity index (χ2v) is 4.58. The molecule has 0 aliphatic heterocycles. The maximum atomic E-state index is 11.8. The average molecular weight is 260 g/mol. The Balaban J connectivity index is 2.47. The van der Waals surface area contributed by atoms with Gasteiger partial charge in [-0.3, -0.25) is 4.79 Å². The van der Waals surface area contributed by atoms with Gasteiger partial charge in [-0.05, 0) is 18.9 Å². The first-order valence-electron chi connectivity index (χ1n) is 6.17. The van der Waals surface area contributed by atoms with Crippen LogP contribution in [0, 0.1) is 6.92 Å². The van der Waals surface area contributed by atoms with Crippen molar-refractivity contribution in [1.82, 2.24) is 10.3 Å². The van der Waals surface area contributed by atoms with E-state index in [9.17, 15) is 9.90 Å². The van der Waals surface area contributed by atoms with Gasteiger partial charge in [0, 0.05) is 6.42 Å². The third-order valence-electron chi connectivity index (χ3n) is 3.55. The molecule has 0 saturated heterocycles. The standard InChI is InChI=1S/C14H16N2O3/c1-3-14(13(17)18,11-7-5-4-6-8-11)9-12-10(2)15-19-16-12/h4-8H,3,9H2,1-2H3,(H,17,18). The molecule has 1 aromatic heterocycles. The van der Waals surface area contributed by atoms with Crippen molar-refractivity contribution >= 4 is 5.97 Å². The highest BCUT2D eigenvalue weighted by Gasteiger charge is 2.40. The maximum absolute atomic E-state index is 11.8. The van der Waals surface area contributed by atoms with Crippen LogP contribution in [0.15, 0.2) is 35.0 Å². The summed E-state index contributed by atoms with van der Waals surface area (Å²) in [6, 6.07) is 9.22. The van der Waals surface area contributed by atoms with Crippen LogP contribution in [0.3, 0.4) is 0 Å². The van der Waals surface area contributed by atoms with E-state index in [0.29, 0.717) is 17.8 Å². The normalized spacial score (nSPS) is 14.0. The summed E-state index contributed by atoms with van der Waals surface area (Å²) >= 11 is 0. The number of hydrogen-bond acceptors (Lipinski definition) is 4. The third kappa shape index (κ3) is 2.36. The molecule has 0 bridgehead atoms. The zero-order chi connectivity index (χ0) is 13.9. The van der Waals surface area contributed by atoms with E-state index in [0.717, 1.165) is 5.56 Å². The summed E-state index contributed by atoms with van der Waals surface area (Å²) < 4.78 is 4.66. The predicted octanol–water partition coefficient (Wildman–Crippen LogP) is 2.35. The van der Waals surface area contributed by atoms with E-state index in [4.69, 9.17) is 0 Å². The Morgan fingerprint density at radius 2 is 2.00 bits per heavy atom. The highest BCUT2D eigenvalue weighted by Crippen LogP contribution is 2.32. The molecule has 0 radical (unpaired) electrons. The number of aliphatic carboxylic acids is 1. The molecule has 5 nitrogen and oxygen atoms in total. The Labute approximate surface area is 111 Å². The summed E-state index contributed by atoms with van der Waals surface area (Å²) in [5.41, 5.74) is 1.00. The minimum absolute atomic E-state index is 0.276. The lowest BCUT2D eigenvalue weighted by Crippen LogP contribution is -2.37. The second kappa shape index (κ2) is 5.22. The molecule has 0 saturated carbocycles. The van der Waals surface area contributed by atoms with E-state index in [1.165, 1.54) is 0 Å². The fourth-order valence-corrected chi connectivity index (χ4v) is 2.23. The molecule has 0 aliphatic carbocycles. The van der Waals surface area contributed by atoms with Crippen LogP contribution in [0.5, 0.6) is 0 Å². The first kappa shape index (κ1) is 13.3. The smallest absolute Gasteiger partial charge is 0.314 e. The van der Waals surface area contributed by atoms with Gasteiger partial charge in [-0.2, -0.15) is 0 Å². The van der Waals surface area contributed by atoms with E-state index in [1.54, 1.807) is 6.92 Å². The van der Waals surface area contributed by atoms with Gasteiger partial charge < -0.3 is 5.11 Å². The minimum Gasteiger partial charge on any atom is -0.481 e. The molecule has 2 rings (SSSR count). The molecule has 0 fully saturated rings. The van der Waals surface area contributed by atoms with Crippen molar-refractivity contribution in [2.45, 2.75) is 32.1 Å². The third-order valence-corrected chi connectivity index (χ3v) is 3.55. The zero-order valence-electron chi connectivity index (χ0n) is 11.0. The fourth-order valence-electron chi connectivity index (χ4n) is 2.23. The SMILES string of the molecule is CCC(Cc1nonc1C)(C(=O)O)c1ccccc1. The molecule has 2 aromatic rings. The lowest BCUT2D eigenvalue weighted by molar-refractivity contribution is -0.144. The molecular formula is C14H16N2O3. The van der Waals surface area contributed by atoms with Crippen LogP contribution in [0.1, 0.15) is 30.3 Å². The zero-order valence-corrected chi connectivity index (χ0v) is 11.0. The van der Waals surface area contributed by atoms with Gasteiger partial charge in [0.15, 0.2) is 0 Å². The van der Waals surface area contributed by atoms with Gasteiger partial charge in [-0.15, -0.1) is 0 Å². The van der Waals surface area contributed by atoms with Crippen LogP contribution < -0.4 is 0 Å². The number of nitrogens with zero attached hydrogens (tertiary/aromatic N) is 2. The van der Waals surface area contributed by atoms with E-state index in [2.05, 4.69) is 14.9 Å². The summed E-state index contributed by atoms with van der Waals surface area (Å²) in [5, 5.41) is 17.2. The number of rotatable bonds is 5. The minimum atomic E-state index is -0.995. The Kier molecular flexibility index (Phi) is 3.64. The topological polar surface area (TPSA) is 76.2 Å². The van der Waals surface area contributed by atoms with Crippen LogP contribution in [-0.4, -0.2) is 21.4 Å². The van der Waals surface area contributed by atoms with E-state index in [1.807, 2.05) is 37.3 Å². The summed E-state index contributed by atoms with van der Waals surface area (Å²) in [6.45, 7) is 3.63. The first-order chi connectivity index (χ1) is 9.10. The van der Waals surface area contributed by atoms with Gasteiger partial charge in [0.1, 0.15) is 11.4 Å². The van der Waals surface area contributed by atoms with E-state index < -0.39 is 11.4 Å². The summed E-state index contributed by atoms with van der Waals surface area (Å²) in [6.07, 6.45) is 0.747. The monoisotopic (exact) mass is 260 g/mol. The number of aromatic nitrogens is 2. The average Bonchev–Trinajstić information content (AvgIpc) is 2.82. The fraction of sp³-hybridized carbons (Fsp3) is 0.357. The molecule has 5 heteroatoms. The van der Waals surface area contributed by atoms with Gasteiger partial charge in [0.05, 0.1) is 5.41 Å². The van der Waals surface area contributed by atoms with Crippen molar-refractivity contribution in [3.63, 3.8) is 0 Å². The lowest BCUT2D eigenvalue weighted by Gasteiger charge is -2.27. The van der Waals surface area contributed by atoms with Crippen molar-refractivity contribution in [3.8, 4) is 0 Å². The van der Waals surface area contributed by atoms with Gasteiger partial charge in [-0.1, -0.05) is 47.6 Å². The second-order valence-electron chi connectivity index (χ2n) is 4.58. The van der Waals surface area contributed by atoms with Crippen LogP contribution in [0.2, 0.25) is 0 Å². The molecule has 1 unspecified atom stereocenters. The molecule has 1 atom stereocenters. The van der Waals surface area contributed by atoms with Gasteiger partial charge >= 0.3 is 5.97 Å². The Hall–Kier alpha value is -2.17. The molecule has 0 aliphatic rings. The van der Waals surface area contributed by atoms with Crippen molar-refractivity contribution in [2.75, 3.05) is 0 Å². The highest BCUT2D eigenvalue weighted by atomic mass is 16.6. The molecular weight excluding hydrogens is 244 g/mol. The van der Waals surface area contributed by atoms with Crippen molar-refractivity contribution < 1.29 is 14.5 Å². The maximum Gasteiger partial charge on any atom is 0.314 e. The van der Waals surface area contributed by atoms with Crippen LogP contribution in [0.4, 0.5) is 0 Å². The number of carboxylic acids is 1. The molecule has 100 valence electrons.